The van der Waals surface area contributed by atoms with Crippen LogP contribution in [0.25, 0.3) is 6.08 Å². The molecule has 0 fully saturated rings. The van der Waals surface area contributed by atoms with Crippen LogP contribution in [0.3, 0.4) is 0 Å². The molecular weight excluding hydrogens is 257 g/mol. The number of benzene rings is 1. The molecule has 0 amide bonds. The molecule has 1 rings (SSSR count). The van der Waals surface area contributed by atoms with Crippen LogP contribution < -0.4 is 0 Å². The molecular formula is C11H10ClF3S. The molecule has 0 atom stereocenters. The summed E-state index contributed by atoms with van der Waals surface area (Å²) in [6, 6.07) is 3.48. The summed E-state index contributed by atoms with van der Waals surface area (Å²) in [6.45, 7) is 0. The minimum absolute atomic E-state index is 0.0837. The van der Waals surface area contributed by atoms with E-state index in [1.54, 1.807) is 12.2 Å². The van der Waals surface area contributed by atoms with Crippen LogP contribution in [-0.4, -0.2) is 5.75 Å². The molecule has 0 radical (unpaired) electrons. The zero-order chi connectivity index (χ0) is 12.2. The highest BCUT2D eigenvalue weighted by molar-refractivity contribution is 7.80. The van der Waals surface area contributed by atoms with Crippen molar-refractivity contribution in [2.75, 3.05) is 5.75 Å². The molecule has 0 saturated carbocycles. The highest BCUT2D eigenvalue weighted by Crippen LogP contribution is 2.32. The number of halogens is 4. The number of alkyl halides is 3. The standard InChI is InChI=1S/C11H10ClF3S/c12-10-6-8(3-1-2-4-16)5-9(7-10)11(13,14)15/h1,3,5-7,16H,2,4H2. The maximum atomic E-state index is 12.4. The van der Waals surface area contributed by atoms with Crippen molar-refractivity contribution in [3.05, 3.63) is 40.4 Å². The maximum Gasteiger partial charge on any atom is 0.416 e. The third-order valence-corrected chi connectivity index (χ3v) is 2.33. The van der Waals surface area contributed by atoms with Gasteiger partial charge in [0.05, 0.1) is 5.56 Å². The summed E-state index contributed by atoms with van der Waals surface area (Å²) >= 11 is 9.62. The predicted octanol–water partition coefficient (Wildman–Crippen LogP) is 4.69. The van der Waals surface area contributed by atoms with Gasteiger partial charge in [0.2, 0.25) is 0 Å². The molecule has 0 aromatic heterocycles. The van der Waals surface area contributed by atoms with E-state index < -0.39 is 11.7 Å². The Labute approximate surface area is 103 Å². The normalized spacial score (nSPS) is 12.3. The summed E-state index contributed by atoms with van der Waals surface area (Å²) in [6.07, 6.45) is -0.288. The quantitative estimate of drug-likeness (QED) is 0.754. The fourth-order valence-electron chi connectivity index (χ4n) is 1.17. The average molecular weight is 267 g/mol. The topological polar surface area (TPSA) is 0 Å². The van der Waals surface area contributed by atoms with Crippen molar-refractivity contribution in [3.8, 4) is 0 Å². The van der Waals surface area contributed by atoms with Gasteiger partial charge in [0.1, 0.15) is 0 Å². The van der Waals surface area contributed by atoms with Crippen molar-refractivity contribution >= 4 is 30.3 Å². The van der Waals surface area contributed by atoms with Gasteiger partial charge >= 0.3 is 6.18 Å². The molecule has 0 aliphatic rings. The molecule has 1 aromatic rings. The number of allylic oxidation sites excluding steroid dienone is 1. The fraction of sp³-hybridized carbons (Fsp3) is 0.273. The third kappa shape index (κ3) is 4.10. The van der Waals surface area contributed by atoms with Gasteiger partial charge in [-0.05, 0) is 35.9 Å². The fourth-order valence-corrected chi connectivity index (χ4v) is 1.56. The van der Waals surface area contributed by atoms with Gasteiger partial charge in [0, 0.05) is 5.02 Å². The van der Waals surface area contributed by atoms with Crippen molar-refractivity contribution in [1.29, 1.82) is 0 Å². The van der Waals surface area contributed by atoms with Crippen molar-refractivity contribution in [1.82, 2.24) is 0 Å². The minimum Gasteiger partial charge on any atom is -0.179 e. The number of hydrogen-bond donors (Lipinski definition) is 1. The van der Waals surface area contributed by atoms with E-state index in [0.717, 1.165) is 12.1 Å². The van der Waals surface area contributed by atoms with Crippen molar-refractivity contribution < 1.29 is 13.2 Å². The first-order valence-electron chi connectivity index (χ1n) is 4.58. The first kappa shape index (κ1) is 13.5. The van der Waals surface area contributed by atoms with Gasteiger partial charge in [-0.25, -0.2) is 0 Å². The zero-order valence-corrected chi connectivity index (χ0v) is 9.91. The van der Waals surface area contributed by atoms with Crippen LogP contribution in [0.1, 0.15) is 17.5 Å². The van der Waals surface area contributed by atoms with E-state index in [0.29, 0.717) is 17.7 Å². The lowest BCUT2D eigenvalue weighted by atomic mass is 10.1. The molecule has 88 valence electrons. The molecule has 0 nitrogen and oxygen atoms in total. The Morgan fingerprint density at radius 2 is 1.94 bits per heavy atom. The van der Waals surface area contributed by atoms with Crippen molar-refractivity contribution in [3.63, 3.8) is 0 Å². The number of rotatable bonds is 3. The first-order valence-corrected chi connectivity index (χ1v) is 5.59. The predicted molar refractivity (Wildman–Crippen MR) is 64.0 cm³/mol. The molecule has 0 bridgehead atoms. The lowest BCUT2D eigenvalue weighted by Crippen LogP contribution is -2.04. The SMILES string of the molecule is FC(F)(F)c1cc(Cl)cc(C=CCCS)c1. The Balaban J connectivity index is 2.99. The van der Waals surface area contributed by atoms with E-state index in [-0.39, 0.29) is 5.02 Å². The van der Waals surface area contributed by atoms with Crippen LogP contribution in [-0.2, 0) is 6.18 Å². The van der Waals surface area contributed by atoms with Gasteiger partial charge in [-0.15, -0.1) is 0 Å². The van der Waals surface area contributed by atoms with Gasteiger partial charge in [0.25, 0.3) is 0 Å². The molecule has 0 spiro atoms. The second-order valence-electron chi connectivity index (χ2n) is 3.19. The molecule has 0 unspecified atom stereocenters. The van der Waals surface area contributed by atoms with Gasteiger partial charge in [0.15, 0.2) is 0 Å². The van der Waals surface area contributed by atoms with Crippen molar-refractivity contribution in [2.24, 2.45) is 0 Å². The Morgan fingerprint density at radius 1 is 1.25 bits per heavy atom. The molecule has 0 heterocycles. The smallest absolute Gasteiger partial charge is 0.179 e. The van der Waals surface area contributed by atoms with Crippen LogP contribution in [0.4, 0.5) is 13.2 Å². The van der Waals surface area contributed by atoms with E-state index in [1.807, 2.05) is 0 Å². The van der Waals surface area contributed by atoms with Crippen molar-refractivity contribution in [2.45, 2.75) is 12.6 Å². The number of hydrogen-bond acceptors (Lipinski definition) is 1. The average Bonchev–Trinajstić information content (AvgIpc) is 2.16. The largest absolute Gasteiger partial charge is 0.416 e. The lowest BCUT2D eigenvalue weighted by Gasteiger charge is -2.08. The van der Waals surface area contributed by atoms with E-state index in [4.69, 9.17) is 11.6 Å². The summed E-state index contributed by atoms with van der Waals surface area (Å²) in [5, 5.41) is 0.0837. The van der Waals surface area contributed by atoms with Gasteiger partial charge in [-0.1, -0.05) is 23.8 Å². The molecule has 5 heteroatoms. The lowest BCUT2D eigenvalue weighted by molar-refractivity contribution is -0.137. The van der Waals surface area contributed by atoms with E-state index in [1.165, 1.54) is 6.07 Å². The Bertz CT molecular complexity index is 385. The number of thiol groups is 1. The summed E-state index contributed by atoms with van der Waals surface area (Å²) < 4.78 is 37.3. The van der Waals surface area contributed by atoms with E-state index in [9.17, 15) is 13.2 Å². The van der Waals surface area contributed by atoms with Crippen LogP contribution in [0.5, 0.6) is 0 Å². The Kier molecular flexibility index (Phi) is 4.74. The van der Waals surface area contributed by atoms with Gasteiger partial charge in [-0.2, -0.15) is 25.8 Å². The monoisotopic (exact) mass is 266 g/mol. The highest BCUT2D eigenvalue weighted by atomic mass is 35.5. The second-order valence-corrected chi connectivity index (χ2v) is 4.07. The molecule has 1 aromatic carbocycles. The van der Waals surface area contributed by atoms with E-state index >= 15 is 0 Å². The highest BCUT2D eigenvalue weighted by Gasteiger charge is 2.30. The maximum absolute atomic E-state index is 12.4. The molecule has 0 N–H and O–H groups in total. The van der Waals surface area contributed by atoms with Gasteiger partial charge in [-0.3, -0.25) is 0 Å². The summed E-state index contributed by atoms with van der Waals surface area (Å²) in [7, 11) is 0. The van der Waals surface area contributed by atoms with E-state index in [2.05, 4.69) is 12.6 Å². The Hall–Kier alpha value is -0.610. The van der Waals surface area contributed by atoms with Crippen LogP contribution in [0.2, 0.25) is 5.02 Å². The van der Waals surface area contributed by atoms with Gasteiger partial charge < -0.3 is 0 Å². The molecule has 16 heavy (non-hydrogen) atoms. The molecule has 0 aliphatic carbocycles. The molecule has 0 aliphatic heterocycles. The Morgan fingerprint density at radius 3 is 2.50 bits per heavy atom. The van der Waals surface area contributed by atoms with Crippen LogP contribution in [0, 0.1) is 0 Å². The summed E-state index contributed by atoms with van der Waals surface area (Å²) in [5.41, 5.74) is -0.285. The molecule has 0 saturated heterocycles. The minimum atomic E-state index is -4.36. The summed E-state index contributed by atoms with van der Waals surface area (Å²) in [4.78, 5) is 0. The van der Waals surface area contributed by atoms with Crippen LogP contribution in [0.15, 0.2) is 24.3 Å². The van der Waals surface area contributed by atoms with Crippen LogP contribution >= 0.6 is 24.2 Å². The second kappa shape index (κ2) is 5.64. The zero-order valence-electron chi connectivity index (χ0n) is 8.26. The third-order valence-electron chi connectivity index (χ3n) is 1.85. The summed E-state index contributed by atoms with van der Waals surface area (Å²) in [5.74, 6) is 0.656. The first-order chi connectivity index (χ1) is 7.43.